The van der Waals surface area contributed by atoms with Crippen molar-refractivity contribution < 1.29 is 31.6 Å². The average molecular weight is 417 g/mol. The highest BCUT2D eigenvalue weighted by Crippen LogP contribution is 2.31. The van der Waals surface area contributed by atoms with E-state index in [0.717, 1.165) is 30.5 Å². The van der Waals surface area contributed by atoms with Gasteiger partial charge in [0.1, 0.15) is 5.69 Å². The molecule has 3 N–H and O–H groups in total. The molecule has 0 saturated heterocycles. The lowest BCUT2D eigenvalue weighted by atomic mass is 10.3. The highest BCUT2D eigenvalue weighted by Gasteiger charge is 2.23. The van der Waals surface area contributed by atoms with Gasteiger partial charge in [0, 0.05) is 12.1 Å². The Kier molecular flexibility index (Phi) is 5.46. The number of benzene rings is 2. The van der Waals surface area contributed by atoms with Gasteiger partial charge in [-0.25, -0.2) is 16.8 Å². The predicted molar refractivity (Wildman–Crippen MR) is 97.0 cm³/mol. The Morgan fingerprint density at radius 3 is 2.26 bits per heavy atom. The number of ether oxygens (including phenoxy) is 1. The molecular weight excluding hydrogens is 402 g/mol. The number of nitro benzene ring substituents is 1. The van der Waals surface area contributed by atoms with Crippen LogP contribution < -0.4 is 14.2 Å². The molecule has 0 heterocycles. The first-order valence-electron chi connectivity index (χ1n) is 7.09. The molecule has 0 fully saturated rings. The molecule has 0 aliphatic carbocycles. The molecule has 146 valence electrons. The summed E-state index contributed by atoms with van der Waals surface area (Å²) in [4.78, 5) is 9.79. The smallest absolute Gasteiger partial charge is 0.294 e. The third kappa shape index (κ3) is 4.98. The SMILES string of the molecule is COc1ccc(NS(=O)(=O)c2ccc(NS(C)(=O)=O)c([N+](=O)[O-])c2)cc1O. The maximum Gasteiger partial charge on any atom is 0.294 e. The molecule has 0 unspecified atom stereocenters. The van der Waals surface area contributed by atoms with Crippen molar-refractivity contribution in [2.45, 2.75) is 4.90 Å². The zero-order chi connectivity index (χ0) is 20.4. The Balaban J connectivity index is 2.42. The van der Waals surface area contributed by atoms with E-state index in [4.69, 9.17) is 4.74 Å². The van der Waals surface area contributed by atoms with Gasteiger partial charge in [-0.2, -0.15) is 0 Å². The van der Waals surface area contributed by atoms with Gasteiger partial charge in [0.15, 0.2) is 11.5 Å². The third-order valence-corrected chi connectivity index (χ3v) is 5.17. The van der Waals surface area contributed by atoms with E-state index in [0.29, 0.717) is 0 Å². The molecule has 0 amide bonds. The van der Waals surface area contributed by atoms with Crippen LogP contribution in [0.15, 0.2) is 41.3 Å². The summed E-state index contributed by atoms with van der Waals surface area (Å²) in [6, 6.07) is 6.45. The van der Waals surface area contributed by atoms with Crippen LogP contribution in [0, 0.1) is 10.1 Å². The molecule has 0 spiro atoms. The summed E-state index contributed by atoms with van der Waals surface area (Å²) in [5, 5.41) is 20.9. The monoisotopic (exact) mass is 417 g/mol. The largest absolute Gasteiger partial charge is 0.504 e. The highest BCUT2D eigenvalue weighted by molar-refractivity contribution is 7.92. The summed E-state index contributed by atoms with van der Waals surface area (Å²) in [5.74, 6) is -0.179. The van der Waals surface area contributed by atoms with Crippen LogP contribution in [0.3, 0.4) is 0 Å². The number of hydrogen-bond donors (Lipinski definition) is 3. The summed E-state index contributed by atoms with van der Waals surface area (Å²) in [5.41, 5.74) is -1.11. The predicted octanol–water partition coefficient (Wildman–Crippen LogP) is 1.48. The van der Waals surface area contributed by atoms with Crippen molar-refractivity contribution in [2.24, 2.45) is 0 Å². The van der Waals surface area contributed by atoms with E-state index in [-0.39, 0.29) is 22.9 Å². The van der Waals surface area contributed by atoms with Crippen molar-refractivity contribution in [1.29, 1.82) is 0 Å². The summed E-state index contributed by atoms with van der Waals surface area (Å²) in [6.45, 7) is 0. The normalized spacial score (nSPS) is 11.6. The summed E-state index contributed by atoms with van der Waals surface area (Å²) >= 11 is 0. The maximum absolute atomic E-state index is 12.5. The molecule has 13 heteroatoms. The number of nitro groups is 1. The van der Waals surface area contributed by atoms with Gasteiger partial charge < -0.3 is 9.84 Å². The fourth-order valence-corrected chi connectivity index (χ4v) is 3.72. The minimum absolute atomic E-state index is 0.00529. The first-order valence-corrected chi connectivity index (χ1v) is 10.5. The van der Waals surface area contributed by atoms with E-state index in [1.807, 2.05) is 4.72 Å². The zero-order valence-corrected chi connectivity index (χ0v) is 15.7. The van der Waals surface area contributed by atoms with Crippen molar-refractivity contribution in [3.8, 4) is 11.5 Å². The molecule has 0 aromatic heterocycles. The van der Waals surface area contributed by atoms with Crippen LogP contribution in [0.2, 0.25) is 0 Å². The number of anilines is 2. The maximum atomic E-state index is 12.5. The zero-order valence-electron chi connectivity index (χ0n) is 14.0. The van der Waals surface area contributed by atoms with Crippen LogP contribution in [0.1, 0.15) is 0 Å². The molecule has 0 aliphatic rings. The number of sulfonamides is 2. The molecule has 0 atom stereocenters. The molecule has 2 rings (SSSR count). The van der Waals surface area contributed by atoms with Gasteiger partial charge in [-0.1, -0.05) is 0 Å². The molecule has 2 aromatic carbocycles. The Bertz CT molecular complexity index is 1100. The summed E-state index contributed by atoms with van der Waals surface area (Å²) in [6.07, 6.45) is 0.805. The Hall–Kier alpha value is -3.06. The van der Waals surface area contributed by atoms with Crippen LogP contribution in [0.25, 0.3) is 0 Å². The molecule has 11 nitrogen and oxygen atoms in total. The van der Waals surface area contributed by atoms with Crippen LogP contribution in [0.5, 0.6) is 11.5 Å². The second kappa shape index (κ2) is 7.28. The average Bonchev–Trinajstić information content (AvgIpc) is 2.53. The fourth-order valence-electron chi connectivity index (χ4n) is 2.08. The second-order valence-electron chi connectivity index (χ2n) is 5.30. The number of methoxy groups -OCH3 is 1. The van der Waals surface area contributed by atoms with Gasteiger partial charge in [0.05, 0.1) is 28.9 Å². The van der Waals surface area contributed by atoms with Crippen molar-refractivity contribution in [3.63, 3.8) is 0 Å². The van der Waals surface area contributed by atoms with Gasteiger partial charge in [-0.05, 0) is 24.3 Å². The van der Waals surface area contributed by atoms with Gasteiger partial charge in [-0.15, -0.1) is 0 Å². The Morgan fingerprint density at radius 2 is 1.74 bits per heavy atom. The topological polar surface area (TPSA) is 165 Å². The van der Waals surface area contributed by atoms with Gasteiger partial charge >= 0.3 is 0 Å². The first kappa shape index (κ1) is 20.3. The van der Waals surface area contributed by atoms with Crippen molar-refractivity contribution in [3.05, 3.63) is 46.5 Å². The number of aromatic hydroxyl groups is 1. The van der Waals surface area contributed by atoms with Gasteiger partial charge in [0.25, 0.3) is 15.7 Å². The lowest BCUT2D eigenvalue weighted by Crippen LogP contribution is -2.15. The highest BCUT2D eigenvalue weighted by atomic mass is 32.2. The lowest BCUT2D eigenvalue weighted by molar-refractivity contribution is -0.384. The fraction of sp³-hybridized carbons (Fsp3) is 0.143. The summed E-state index contributed by atoms with van der Waals surface area (Å²) in [7, 11) is -6.73. The number of phenolic OH excluding ortho intramolecular Hbond substituents is 1. The quantitative estimate of drug-likeness (QED) is 0.450. The van der Waals surface area contributed by atoms with Crippen LogP contribution in [0.4, 0.5) is 17.1 Å². The number of nitrogens with zero attached hydrogens (tertiary/aromatic N) is 1. The molecule has 0 saturated carbocycles. The molecule has 2 aromatic rings. The van der Waals surface area contributed by atoms with E-state index in [1.54, 1.807) is 0 Å². The standard InChI is InChI=1S/C14H15N3O8S2/c1-25-14-6-3-9(7-13(14)18)15-27(23,24)10-4-5-11(16-26(2,21)22)12(8-10)17(19)20/h3-8,15-16,18H,1-2H3. The third-order valence-electron chi connectivity index (χ3n) is 3.20. The summed E-state index contributed by atoms with van der Waals surface area (Å²) < 4.78 is 56.4. The number of phenols is 1. The molecule has 0 aliphatic heterocycles. The Labute approximate surface area is 154 Å². The molecule has 0 radical (unpaired) electrons. The molecule has 0 bridgehead atoms. The molecular formula is C14H15N3O8S2. The Morgan fingerprint density at radius 1 is 1.07 bits per heavy atom. The molecule has 27 heavy (non-hydrogen) atoms. The van der Waals surface area contributed by atoms with Crippen LogP contribution in [-0.4, -0.2) is 40.2 Å². The minimum atomic E-state index is -4.25. The van der Waals surface area contributed by atoms with E-state index >= 15 is 0 Å². The number of hydrogen-bond acceptors (Lipinski definition) is 8. The van der Waals surface area contributed by atoms with Crippen molar-refractivity contribution >= 4 is 37.1 Å². The lowest BCUT2D eigenvalue weighted by Gasteiger charge is -2.11. The minimum Gasteiger partial charge on any atom is -0.504 e. The van der Waals surface area contributed by atoms with E-state index in [9.17, 15) is 32.1 Å². The van der Waals surface area contributed by atoms with E-state index in [1.165, 1.54) is 19.2 Å². The second-order valence-corrected chi connectivity index (χ2v) is 8.73. The van der Waals surface area contributed by atoms with E-state index < -0.39 is 35.6 Å². The van der Waals surface area contributed by atoms with Gasteiger partial charge in [-0.3, -0.25) is 19.6 Å². The number of nitrogens with one attached hydrogen (secondary N) is 2. The van der Waals surface area contributed by atoms with E-state index in [2.05, 4.69) is 4.72 Å². The van der Waals surface area contributed by atoms with Crippen molar-refractivity contribution in [1.82, 2.24) is 0 Å². The first-order chi connectivity index (χ1) is 12.4. The van der Waals surface area contributed by atoms with Crippen molar-refractivity contribution in [2.75, 3.05) is 22.8 Å². The van der Waals surface area contributed by atoms with Gasteiger partial charge in [0.2, 0.25) is 10.0 Å². The number of rotatable bonds is 7. The van der Waals surface area contributed by atoms with Crippen LogP contribution in [-0.2, 0) is 20.0 Å². The van der Waals surface area contributed by atoms with Crippen LogP contribution >= 0.6 is 0 Å².